The Balaban J connectivity index is 0.000000271. The second-order valence-corrected chi connectivity index (χ2v) is 33.2. The molecule has 0 unspecified atom stereocenters. The van der Waals surface area contributed by atoms with Crippen LogP contribution >= 0.6 is 24.0 Å². The molecule has 1 aromatic heterocycles. The summed E-state index contributed by atoms with van der Waals surface area (Å²) in [4.78, 5) is 53.1. The lowest BCUT2D eigenvalue weighted by Crippen LogP contribution is -2.61. The third-order valence-corrected chi connectivity index (χ3v) is 27.5. The molecule has 12 aliphatic carbocycles. The highest BCUT2D eigenvalue weighted by Gasteiger charge is 2.67. The molecule has 1 spiro atoms. The van der Waals surface area contributed by atoms with E-state index in [4.69, 9.17) is 46.3 Å². The molecule has 0 aromatic carbocycles. The Hall–Kier alpha value is -5.49. The molecule has 2 heterocycles. The third-order valence-electron chi connectivity index (χ3n) is 27.5. The number of terminal acetylenes is 4. The number of nitrogens with zero attached hydrogens (tertiary/aromatic N) is 2. The van der Waals surface area contributed by atoms with Gasteiger partial charge in [0, 0.05) is 57.5 Å². The summed E-state index contributed by atoms with van der Waals surface area (Å²) in [7, 11) is 0. The zero-order valence-corrected chi connectivity index (χ0v) is 59.6. The first-order chi connectivity index (χ1) is 42.8. The SMILES string of the molecule is C.C.C.C.C.C.C#C[C@]12CCC(=O)C=C1[C@@]1(C)Cc3cnoc3C(C)(C)[C@@H]1CC2.C#C[C@]12CCCC=C1[C@@]1(C)C/C(=C/O)C(=O)C(C)(C)[C@@H]1CC2.C#C[C@]12CCCC=C1[C@@]1(C)CCC3(OCCO3)C(C)(C)[C@@H]1CC2.I.[C-]#[N+]C1=C[C@]2(C)C3=CC(=O)CC[C@]3(C#C)CC[C@H]2C(C)(C)C1=O. The molecule has 0 amide bonds. The lowest BCUT2D eigenvalue weighted by Gasteiger charge is -2.64. The Morgan fingerprint density at radius 3 is 1.48 bits per heavy atom. The fourth-order valence-corrected chi connectivity index (χ4v) is 23.1. The van der Waals surface area contributed by atoms with Gasteiger partial charge in [-0.15, -0.1) is 49.7 Å². The Labute approximate surface area is 611 Å². The Morgan fingerprint density at radius 2 is 0.980 bits per heavy atom. The minimum absolute atomic E-state index is 0. The van der Waals surface area contributed by atoms with Crippen molar-refractivity contribution in [3.05, 3.63) is 99.1 Å². The van der Waals surface area contributed by atoms with Gasteiger partial charge < -0.3 is 23.9 Å². The standard InChI is InChI=1S/C21H30O2.C20H23NO2.C20H21NO2.C20H26O2.6CH4.HI/c1-5-20-10-7-6-8-17(20)19(4)12-13-21(22-14-15-23-21)18(2,3)16(19)9-11-20;1-5-20-8-6-14(22)10-16(20)19(4)11-13-12-21-23-17(13)18(2,3)15(19)7-9-20;1-6-20-9-7-13(22)11-16(20)19(4)12-14(21-5)17(23)18(2,3)15(19)8-10-20;1-5-20-10-7-6-8-16(20)19(4)12-14(13-21)17(22)18(2,3)15(19)9-11-20;;;;;;;/h1,8,16H,6-7,9-15H2,2-4H3;1,10,12,15H,6-9,11H2,2-4H3;1,11-12,15H,7-10H2,2-4H3;1,8,13,15,21H,6-7,9-12H2,2-4H3;6*1H4;1H/b;;;14-13-;;;;;;;/t16-,19-,20+;3*15-,19-,20+;;;;;;;/m0000......./s1. The zero-order chi connectivity index (χ0) is 66.0. The molecule has 1 aromatic rings. The van der Waals surface area contributed by atoms with E-state index in [1.54, 1.807) is 17.7 Å². The molecule has 1 saturated heterocycles. The number of carbonyl (C=O) groups excluding carboxylic acids is 4. The number of allylic oxidation sites excluding steroid dienone is 11. The highest BCUT2D eigenvalue weighted by Crippen LogP contribution is 2.71. The molecular formula is C87H125IN2O8. The lowest BCUT2D eigenvalue weighted by molar-refractivity contribution is -0.284. The first-order valence-electron chi connectivity index (χ1n) is 34.4. The number of Topliss-reactive ketones (excluding diaryl/α,β-unsaturated/α-hetero) is 2. The van der Waals surface area contributed by atoms with E-state index in [9.17, 15) is 24.3 Å². The molecule has 13 aliphatic rings. The van der Waals surface area contributed by atoms with E-state index in [0.29, 0.717) is 49.0 Å². The van der Waals surface area contributed by atoms with Gasteiger partial charge in [0.05, 0.1) is 53.9 Å². The van der Waals surface area contributed by atoms with Crippen LogP contribution in [0.2, 0.25) is 0 Å². The normalized spacial score (nSPS) is 37.7. The summed E-state index contributed by atoms with van der Waals surface area (Å²) in [6.45, 7) is 35.1. The predicted octanol–water partition coefficient (Wildman–Crippen LogP) is 21.3. The maximum Gasteiger partial charge on any atom is 0.226 e. The van der Waals surface area contributed by atoms with E-state index in [1.807, 2.05) is 46.9 Å². The molecule has 1 N–H and O–H groups in total. The molecule has 14 rings (SSSR count). The van der Waals surface area contributed by atoms with Crippen LogP contribution in [-0.2, 0) is 40.5 Å². The van der Waals surface area contributed by atoms with E-state index in [0.717, 1.165) is 121 Å². The monoisotopic (exact) mass is 1450 g/mol. The summed E-state index contributed by atoms with van der Waals surface area (Å²) in [5, 5.41) is 13.6. The smallest absolute Gasteiger partial charge is 0.226 e. The molecule has 1 aliphatic heterocycles. The number of aliphatic hydroxyl groups is 1. The fourth-order valence-electron chi connectivity index (χ4n) is 23.1. The van der Waals surface area contributed by atoms with E-state index >= 15 is 0 Å². The van der Waals surface area contributed by atoms with Crippen molar-refractivity contribution in [3.8, 4) is 49.4 Å². The number of hydrogen-bond donors (Lipinski definition) is 1. The minimum Gasteiger partial charge on any atom is -0.515 e. The van der Waals surface area contributed by atoms with Crippen molar-refractivity contribution in [1.82, 2.24) is 5.16 Å². The molecule has 11 heteroatoms. The van der Waals surface area contributed by atoms with Crippen LogP contribution in [0.3, 0.4) is 0 Å². The van der Waals surface area contributed by atoms with Gasteiger partial charge in [0.1, 0.15) is 5.76 Å². The molecule has 12 atom stereocenters. The Bertz CT molecular complexity index is 3670. The second-order valence-electron chi connectivity index (χ2n) is 33.2. The molecule has 6 saturated carbocycles. The lowest BCUT2D eigenvalue weighted by atomic mass is 9.43. The van der Waals surface area contributed by atoms with Gasteiger partial charge in [0.2, 0.25) is 5.70 Å². The van der Waals surface area contributed by atoms with Crippen LogP contribution in [0.1, 0.15) is 274 Å². The summed E-state index contributed by atoms with van der Waals surface area (Å²) in [5.74, 6) is 14.7. The minimum atomic E-state index is -0.620. The number of carbonyl (C=O) groups is 4. The maximum absolute atomic E-state index is 12.7. The van der Waals surface area contributed by atoms with Gasteiger partial charge in [0.25, 0.3) is 0 Å². The molecular weight excluding hydrogens is 1330 g/mol. The molecule has 10 nitrogen and oxygen atoms in total. The highest BCUT2D eigenvalue weighted by atomic mass is 127. The second kappa shape index (κ2) is 29.1. The van der Waals surface area contributed by atoms with Crippen molar-refractivity contribution in [3.63, 3.8) is 0 Å². The van der Waals surface area contributed by atoms with Gasteiger partial charge in [-0.2, -0.15) is 0 Å². The number of halogens is 1. The first-order valence-corrected chi connectivity index (χ1v) is 34.4. The van der Waals surface area contributed by atoms with E-state index < -0.39 is 21.7 Å². The summed E-state index contributed by atoms with van der Waals surface area (Å²) in [5.41, 5.74) is 4.62. The highest BCUT2D eigenvalue weighted by molar-refractivity contribution is 14.0. The van der Waals surface area contributed by atoms with Gasteiger partial charge in [0.15, 0.2) is 28.9 Å². The molecule has 0 bridgehead atoms. The fraction of sp³-hybridized carbons (Fsp3) is 0.678. The summed E-state index contributed by atoms with van der Waals surface area (Å²) in [6.07, 6.45) is 58.0. The molecule has 538 valence electrons. The quantitative estimate of drug-likeness (QED) is 0.0672. The van der Waals surface area contributed by atoms with Crippen LogP contribution in [0, 0.1) is 139 Å². The molecule has 0 radical (unpaired) electrons. The van der Waals surface area contributed by atoms with Crippen molar-refractivity contribution < 1.29 is 38.3 Å². The van der Waals surface area contributed by atoms with Gasteiger partial charge in [-0.1, -0.05) is 175 Å². The topological polar surface area (TPSA) is 137 Å². The van der Waals surface area contributed by atoms with Gasteiger partial charge >= 0.3 is 0 Å². The van der Waals surface area contributed by atoms with Gasteiger partial charge in [-0.3, -0.25) is 14.4 Å². The van der Waals surface area contributed by atoms with Crippen molar-refractivity contribution in [2.75, 3.05) is 13.2 Å². The van der Waals surface area contributed by atoms with E-state index in [1.165, 1.54) is 42.4 Å². The Morgan fingerprint density at radius 1 is 0.541 bits per heavy atom. The predicted molar refractivity (Wildman–Crippen MR) is 411 cm³/mol. The molecule has 98 heavy (non-hydrogen) atoms. The number of hydrogen-bond acceptors (Lipinski definition) is 9. The summed E-state index contributed by atoms with van der Waals surface area (Å²) in [6, 6.07) is 0. The van der Waals surface area contributed by atoms with Crippen molar-refractivity contribution >= 4 is 47.1 Å². The van der Waals surface area contributed by atoms with Crippen LogP contribution in [0.15, 0.2) is 80.9 Å². The number of ketones is 4. The average molecular weight is 1450 g/mol. The van der Waals surface area contributed by atoms with E-state index in [2.05, 4.69) is 94.3 Å². The zero-order valence-electron chi connectivity index (χ0n) is 57.2. The largest absolute Gasteiger partial charge is 0.515 e. The van der Waals surface area contributed by atoms with Crippen LogP contribution in [0.4, 0.5) is 0 Å². The number of fused-ring (bicyclic) bond motifs is 13. The van der Waals surface area contributed by atoms with Crippen molar-refractivity contribution in [2.45, 2.75) is 280 Å². The van der Waals surface area contributed by atoms with Crippen LogP contribution in [-0.4, -0.2) is 52.4 Å². The number of ether oxygens (including phenoxy) is 2. The number of aliphatic hydroxyl groups excluding tert-OH is 1. The van der Waals surface area contributed by atoms with Crippen LogP contribution < -0.4 is 0 Å². The first kappa shape index (κ1) is 84.9. The molecule has 7 fully saturated rings. The summed E-state index contributed by atoms with van der Waals surface area (Å²) < 4.78 is 18.0. The maximum atomic E-state index is 12.7. The van der Waals surface area contributed by atoms with Crippen LogP contribution in [0.25, 0.3) is 4.85 Å². The van der Waals surface area contributed by atoms with Crippen molar-refractivity contribution in [2.24, 2.45) is 83.2 Å². The number of aromatic nitrogens is 1. The van der Waals surface area contributed by atoms with Crippen molar-refractivity contribution in [1.29, 1.82) is 0 Å². The average Bonchev–Trinajstić information content (AvgIpc) is 0.992. The van der Waals surface area contributed by atoms with Crippen LogP contribution in [0.5, 0.6) is 0 Å². The van der Waals surface area contributed by atoms with Gasteiger partial charge in [-0.25, -0.2) is 4.85 Å². The number of rotatable bonds is 0. The van der Waals surface area contributed by atoms with Gasteiger partial charge in [-0.05, 0) is 196 Å². The summed E-state index contributed by atoms with van der Waals surface area (Å²) >= 11 is 0. The third kappa shape index (κ3) is 12.3. The van der Waals surface area contributed by atoms with E-state index in [-0.39, 0.29) is 152 Å². The Kier molecular flexibility index (Phi) is 25.2.